The van der Waals surface area contributed by atoms with Crippen molar-refractivity contribution in [3.8, 4) is 0 Å². The molecule has 0 bridgehead atoms. The summed E-state index contributed by atoms with van der Waals surface area (Å²) >= 11 is 0. The fourth-order valence-corrected chi connectivity index (χ4v) is 3.62. The summed E-state index contributed by atoms with van der Waals surface area (Å²) in [6.45, 7) is 0.463. The molecule has 1 fully saturated rings. The monoisotopic (exact) mass is 345 g/mol. The topological polar surface area (TPSA) is 79.4 Å². The molecule has 1 aliphatic rings. The number of nitrogens with zero attached hydrogens (tertiary/aromatic N) is 2. The Bertz CT molecular complexity index is 816. The van der Waals surface area contributed by atoms with Gasteiger partial charge in [0, 0.05) is 37.6 Å². The number of carbonyl (C=O) groups excluding carboxylic acids is 1. The standard InChI is InChI=1S/C17H19N3O3S/c1-20(12-13-8-10-18-11-9-13)17(21)14-2-6-16(7-3-14)24(22,23)19-15-4-5-15/h2-3,6-11,15,19H,4-5,12H2,1H3. The van der Waals surface area contributed by atoms with Gasteiger partial charge in [-0.05, 0) is 54.8 Å². The number of hydrogen-bond donors (Lipinski definition) is 1. The van der Waals surface area contributed by atoms with Crippen LogP contribution in [0.2, 0.25) is 0 Å². The molecule has 0 atom stereocenters. The lowest BCUT2D eigenvalue weighted by Crippen LogP contribution is -2.27. The maximum absolute atomic E-state index is 12.4. The van der Waals surface area contributed by atoms with Crippen LogP contribution in [0.3, 0.4) is 0 Å². The summed E-state index contributed by atoms with van der Waals surface area (Å²) < 4.78 is 26.9. The Hall–Kier alpha value is -2.25. The maximum atomic E-state index is 12.4. The predicted molar refractivity (Wildman–Crippen MR) is 89.8 cm³/mol. The SMILES string of the molecule is CN(Cc1ccncc1)C(=O)c1ccc(S(=O)(=O)NC2CC2)cc1. The summed E-state index contributed by atoms with van der Waals surface area (Å²) in [4.78, 5) is 18.2. The molecule has 6 nitrogen and oxygen atoms in total. The zero-order valence-corrected chi connectivity index (χ0v) is 14.2. The smallest absolute Gasteiger partial charge is 0.253 e. The number of hydrogen-bond acceptors (Lipinski definition) is 4. The molecule has 1 amide bonds. The first kappa shape index (κ1) is 16.6. The summed E-state index contributed by atoms with van der Waals surface area (Å²) in [5.41, 5.74) is 1.44. The Labute approximate surface area is 141 Å². The molecule has 0 spiro atoms. The average molecular weight is 345 g/mol. The summed E-state index contributed by atoms with van der Waals surface area (Å²) in [5.74, 6) is -0.161. The lowest BCUT2D eigenvalue weighted by molar-refractivity contribution is 0.0785. The first-order chi connectivity index (χ1) is 11.5. The molecule has 1 aromatic heterocycles. The molecule has 0 aliphatic heterocycles. The van der Waals surface area contributed by atoms with Gasteiger partial charge in [0.25, 0.3) is 5.91 Å². The third-order valence-electron chi connectivity index (χ3n) is 3.83. The molecule has 1 N–H and O–H groups in total. The van der Waals surface area contributed by atoms with Gasteiger partial charge in [0.1, 0.15) is 0 Å². The summed E-state index contributed by atoms with van der Waals surface area (Å²) in [5, 5.41) is 0. The molecule has 1 aliphatic carbocycles. The maximum Gasteiger partial charge on any atom is 0.253 e. The first-order valence-electron chi connectivity index (χ1n) is 7.72. The van der Waals surface area contributed by atoms with Crippen molar-refractivity contribution in [3.63, 3.8) is 0 Å². The van der Waals surface area contributed by atoms with Crippen LogP contribution in [0.1, 0.15) is 28.8 Å². The number of benzene rings is 1. The van der Waals surface area contributed by atoms with Gasteiger partial charge >= 0.3 is 0 Å². The van der Waals surface area contributed by atoms with Crippen molar-refractivity contribution in [2.45, 2.75) is 30.3 Å². The van der Waals surface area contributed by atoms with Gasteiger partial charge in [-0.3, -0.25) is 9.78 Å². The van der Waals surface area contributed by atoms with Gasteiger partial charge in [-0.25, -0.2) is 13.1 Å². The largest absolute Gasteiger partial charge is 0.337 e. The minimum Gasteiger partial charge on any atom is -0.337 e. The number of nitrogens with one attached hydrogen (secondary N) is 1. The molecular formula is C17H19N3O3S. The molecule has 0 unspecified atom stereocenters. The van der Waals surface area contributed by atoms with E-state index in [1.165, 1.54) is 12.1 Å². The van der Waals surface area contributed by atoms with Gasteiger partial charge in [0.05, 0.1) is 4.90 Å². The van der Waals surface area contributed by atoms with Gasteiger partial charge in [-0.15, -0.1) is 0 Å². The fourth-order valence-electron chi connectivity index (χ4n) is 2.32. The van der Waals surface area contributed by atoms with Crippen molar-refractivity contribution < 1.29 is 13.2 Å². The van der Waals surface area contributed by atoms with E-state index in [1.54, 1.807) is 36.5 Å². The molecule has 2 aromatic rings. The van der Waals surface area contributed by atoms with Crippen LogP contribution in [0.25, 0.3) is 0 Å². The van der Waals surface area contributed by atoms with Crippen molar-refractivity contribution in [2.75, 3.05) is 7.05 Å². The number of sulfonamides is 1. The highest BCUT2D eigenvalue weighted by atomic mass is 32.2. The van der Waals surface area contributed by atoms with Crippen LogP contribution in [0.4, 0.5) is 0 Å². The van der Waals surface area contributed by atoms with E-state index in [-0.39, 0.29) is 16.8 Å². The van der Waals surface area contributed by atoms with Crippen molar-refractivity contribution in [3.05, 3.63) is 59.9 Å². The van der Waals surface area contributed by atoms with Crippen LogP contribution in [0.5, 0.6) is 0 Å². The van der Waals surface area contributed by atoms with Crippen LogP contribution in [0, 0.1) is 0 Å². The fraction of sp³-hybridized carbons (Fsp3) is 0.294. The summed E-state index contributed by atoms with van der Waals surface area (Å²) in [7, 11) is -1.78. The van der Waals surface area contributed by atoms with Crippen LogP contribution in [0.15, 0.2) is 53.7 Å². The third-order valence-corrected chi connectivity index (χ3v) is 5.36. The zero-order valence-electron chi connectivity index (χ0n) is 13.3. The highest BCUT2D eigenvalue weighted by Gasteiger charge is 2.28. The molecule has 126 valence electrons. The molecular weight excluding hydrogens is 326 g/mol. The van der Waals surface area contributed by atoms with Crippen molar-refractivity contribution >= 4 is 15.9 Å². The second-order valence-corrected chi connectivity index (χ2v) is 7.65. The highest BCUT2D eigenvalue weighted by Crippen LogP contribution is 2.22. The first-order valence-corrected chi connectivity index (χ1v) is 9.21. The van der Waals surface area contributed by atoms with Crippen LogP contribution in [-0.2, 0) is 16.6 Å². The van der Waals surface area contributed by atoms with E-state index in [1.807, 2.05) is 12.1 Å². The molecule has 0 saturated heterocycles. The minimum atomic E-state index is -3.49. The lowest BCUT2D eigenvalue weighted by atomic mass is 10.2. The van der Waals surface area contributed by atoms with Crippen molar-refractivity contribution in [1.82, 2.24) is 14.6 Å². The number of amides is 1. The lowest BCUT2D eigenvalue weighted by Gasteiger charge is -2.17. The van der Waals surface area contributed by atoms with Gasteiger partial charge < -0.3 is 4.90 Å². The predicted octanol–water partition coefficient (Wildman–Crippen LogP) is 1.79. The molecule has 0 radical (unpaired) electrons. The molecule has 7 heteroatoms. The Balaban J connectivity index is 1.69. The minimum absolute atomic E-state index is 0.0582. The quantitative estimate of drug-likeness (QED) is 0.866. The van der Waals surface area contributed by atoms with Crippen LogP contribution >= 0.6 is 0 Å². The van der Waals surface area contributed by atoms with E-state index in [9.17, 15) is 13.2 Å². The second-order valence-electron chi connectivity index (χ2n) is 5.94. The average Bonchev–Trinajstić information content (AvgIpc) is 3.38. The van der Waals surface area contributed by atoms with E-state index in [0.717, 1.165) is 18.4 Å². The third kappa shape index (κ3) is 3.98. The van der Waals surface area contributed by atoms with E-state index in [2.05, 4.69) is 9.71 Å². The van der Waals surface area contributed by atoms with Crippen LogP contribution in [-0.4, -0.2) is 37.3 Å². The van der Waals surface area contributed by atoms with Gasteiger partial charge in [-0.2, -0.15) is 0 Å². The zero-order chi connectivity index (χ0) is 17.2. The Morgan fingerprint density at radius 3 is 2.38 bits per heavy atom. The van der Waals surface area contributed by atoms with Crippen molar-refractivity contribution in [2.24, 2.45) is 0 Å². The Morgan fingerprint density at radius 2 is 1.79 bits per heavy atom. The van der Waals surface area contributed by atoms with E-state index >= 15 is 0 Å². The molecule has 24 heavy (non-hydrogen) atoms. The summed E-state index contributed by atoms with van der Waals surface area (Å²) in [6.07, 6.45) is 5.13. The second kappa shape index (κ2) is 6.70. The highest BCUT2D eigenvalue weighted by molar-refractivity contribution is 7.89. The summed E-state index contributed by atoms with van der Waals surface area (Å²) in [6, 6.07) is 9.80. The van der Waals surface area contributed by atoms with Crippen LogP contribution < -0.4 is 4.72 Å². The number of carbonyl (C=O) groups is 1. The van der Waals surface area contributed by atoms with Gasteiger partial charge in [0.2, 0.25) is 10.0 Å². The molecule has 1 saturated carbocycles. The van der Waals surface area contributed by atoms with E-state index in [0.29, 0.717) is 12.1 Å². The van der Waals surface area contributed by atoms with Gasteiger partial charge in [0.15, 0.2) is 0 Å². The van der Waals surface area contributed by atoms with E-state index < -0.39 is 10.0 Å². The Morgan fingerprint density at radius 1 is 1.17 bits per heavy atom. The van der Waals surface area contributed by atoms with Gasteiger partial charge in [-0.1, -0.05) is 0 Å². The van der Waals surface area contributed by atoms with E-state index in [4.69, 9.17) is 0 Å². The Kier molecular flexibility index (Phi) is 4.64. The number of aromatic nitrogens is 1. The number of rotatable bonds is 6. The van der Waals surface area contributed by atoms with Crippen molar-refractivity contribution in [1.29, 1.82) is 0 Å². The number of pyridine rings is 1. The molecule has 3 rings (SSSR count). The molecule has 1 heterocycles. The molecule has 1 aromatic carbocycles. The normalized spacial score (nSPS) is 14.4.